The van der Waals surface area contributed by atoms with E-state index < -0.39 is 92.0 Å². The normalized spacial score (nSPS) is 36.0. The van der Waals surface area contributed by atoms with Crippen molar-refractivity contribution in [2.24, 2.45) is 5.89 Å². The molecule has 3 atom stereocenters. The summed E-state index contributed by atoms with van der Waals surface area (Å²) in [5.74, 6) is -10.6. The third-order valence-corrected chi connectivity index (χ3v) is 3.43. The highest BCUT2D eigenvalue weighted by molar-refractivity contribution is 5.93. The van der Waals surface area contributed by atoms with Gasteiger partial charge in [0.05, 0.1) is 9.60 Å². The number of nitrogens with zero attached hydrogens (tertiary/aromatic N) is 1. The van der Waals surface area contributed by atoms with E-state index in [2.05, 4.69) is 0 Å². The Morgan fingerprint density at radius 1 is 1.38 bits per heavy atom. The van der Waals surface area contributed by atoms with Crippen molar-refractivity contribution in [3.05, 3.63) is 35.3 Å². The van der Waals surface area contributed by atoms with Crippen molar-refractivity contribution in [1.29, 1.82) is 0 Å². The number of aliphatic hydroxyl groups is 1. The third kappa shape index (κ3) is 4.40. The molecule has 0 radical (unpaired) electrons. The van der Waals surface area contributed by atoms with E-state index in [1.807, 2.05) is 0 Å². The predicted molar refractivity (Wildman–Crippen MR) is 97.1 cm³/mol. The van der Waals surface area contributed by atoms with Gasteiger partial charge in [0.25, 0.3) is 0 Å². The fourth-order valence-corrected chi connectivity index (χ4v) is 2.05. The Hall–Kier alpha value is -2.41. The smallest absolute Gasteiger partial charge is 0.249 e. The Kier molecular flexibility index (Phi) is 2.23. The van der Waals surface area contributed by atoms with E-state index in [-0.39, 0.29) is 18.5 Å². The number of hydrogen-bond acceptors (Lipinski definition) is 4. The van der Waals surface area contributed by atoms with Crippen molar-refractivity contribution >= 4 is 17.7 Å². The summed E-state index contributed by atoms with van der Waals surface area (Å²) in [6.07, 6.45) is -4.82. The minimum Gasteiger partial charge on any atom is -0.383 e. The van der Waals surface area contributed by atoms with Gasteiger partial charge in [0.2, 0.25) is 17.7 Å². The van der Waals surface area contributed by atoms with Crippen molar-refractivity contribution in [3.8, 4) is 0 Å². The maximum absolute atomic E-state index is 13.4. The number of nitrogens with one attached hydrogen (secondary N) is 2. The van der Waals surface area contributed by atoms with Gasteiger partial charge in [-0.2, -0.15) is 0 Å². The number of benzene rings is 1. The van der Waals surface area contributed by atoms with Crippen molar-refractivity contribution in [1.82, 2.24) is 15.5 Å². The molecular weight excluding hydrogens is 334 g/mol. The molecular formula is C19H27N3O4. The first-order chi connectivity index (χ1) is 18.9. The average Bonchev–Trinajstić information content (AvgIpc) is 2.93. The summed E-state index contributed by atoms with van der Waals surface area (Å²) in [4.78, 5) is 40.5. The molecule has 1 aliphatic heterocycles. The Morgan fingerprint density at radius 2 is 2.12 bits per heavy atom. The van der Waals surface area contributed by atoms with E-state index in [4.69, 9.17) is 23.3 Å². The second kappa shape index (κ2) is 8.31. The summed E-state index contributed by atoms with van der Waals surface area (Å²) in [7, 11) is 1.12. The molecule has 0 unspecified atom stereocenters. The number of carbonyl (C=O) groups excluding carboxylic acids is 3. The molecule has 0 bridgehead atoms. The zero-order valence-corrected chi connectivity index (χ0v) is 13.5. The van der Waals surface area contributed by atoms with Crippen molar-refractivity contribution < 1.29 is 42.8 Å². The zero-order valence-electron chi connectivity index (χ0n) is 30.5. The first-order valence-corrected chi connectivity index (χ1v) is 7.18. The second-order valence-corrected chi connectivity index (χ2v) is 5.21. The lowest BCUT2D eigenvalue weighted by molar-refractivity contribution is -0.137. The molecule has 3 amide bonds. The summed E-state index contributed by atoms with van der Waals surface area (Å²) < 4.78 is 133. The second-order valence-electron chi connectivity index (χ2n) is 5.21. The van der Waals surface area contributed by atoms with E-state index in [9.17, 15) is 19.5 Å². The van der Waals surface area contributed by atoms with Crippen LogP contribution in [0.1, 0.15) is 61.0 Å². The van der Waals surface area contributed by atoms with Crippen LogP contribution < -0.4 is 10.6 Å². The standard InChI is InChI=1S/C19H27N3O4/c1-11(2)16(23)18(25)20-12(3)17(24)21-15-14-8-6-5-7-13(14)9-10-22(4)19(15)26/h5-8,11-12,15-16,23H,9-10H2,1-4H3,(H,20,25)(H,21,24)/t12-,15-,16-/m0/s1/i1D3,2D3,3D3,5D,6D,7D,8D,11D,12D,15D,16D. The molecule has 1 aromatic carbocycles. The van der Waals surface area contributed by atoms with Crippen LogP contribution >= 0.6 is 0 Å². The summed E-state index contributed by atoms with van der Waals surface area (Å²) >= 11 is 0. The number of hydrogen-bond donors (Lipinski definition) is 3. The molecule has 1 aliphatic rings. The lowest BCUT2D eigenvalue weighted by atomic mass is 9.99. The van der Waals surface area contributed by atoms with Crippen LogP contribution in [0.3, 0.4) is 0 Å². The van der Waals surface area contributed by atoms with Crippen molar-refractivity contribution in [3.63, 3.8) is 0 Å². The third-order valence-electron chi connectivity index (χ3n) is 3.43. The molecule has 0 saturated carbocycles. The molecule has 142 valence electrons. The Morgan fingerprint density at radius 3 is 2.81 bits per heavy atom. The van der Waals surface area contributed by atoms with Crippen LogP contribution in [0.25, 0.3) is 0 Å². The predicted octanol–water partition coefficient (Wildman–Crippen LogP) is 0.380. The van der Waals surface area contributed by atoms with Crippen LogP contribution in [0.15, 0.2) is 24.2 Å². The molecule has 1 aromatic rings. The van der Waals surface area contributed by atoms with Crippen LogP contribution in [0.2, 0.25) is 0 Å². The highest BCUT2D eigenvalue weighted by atomic mass is 16.3. The summed E-state index contributed by atoms with van der Waals surface area (Å²) in [5, 5.41) is 13.2. The molecule has 0 fully saturated rings. The van der Waals surface area contributed by atoms with E-state index in [0.29, 0.717) is 0 Å². The molecule has 2 rings (SSSR count). The zero-order chi connectivity index (χ0) is 34.1. The molecule has 1 heterocycles. The van der Waals surface area contributed by atoms with E-state index in [1.165, 1.54) is 0 Å². The molecule has 0 aliphatic carbocycles. The van der Waals surface area contributed by atoms with Crippen molar-refractivity contribution in [2.75, 3.05) is 13.6 Å². The SMILES string of the molecule is [2H]c1c([2H])c([2H])c2c(c1[2H])CCN(C)C(=O)[C@@]2([2H])NC(=O)[C@@]([2H])(NC(=O)[C@@]([2H])(O)C([2H])(C([2H])([2H])[2H])C([2H])([2H])[2H])C([2H])([2H])[2H]. The minimum absolute atomic E-state index is 0.242. The monoisotopic (exact) mass is 378 g/mol. The summed E-state index contributed by atoms with van der Waals surface area (Å²) in [6, 6.07) is -10.7. The highest BCUT2D eigenvalue weighted by Gasteiger charge is 2.32. The Labute approximate surface area is 177 Å². The van der Waals surface area contributed by atoms with Gasteiger partial charge in [0, 0.05) is 27.3 Å². The quantitative estimate of drug-likeness (QED) is 0.690. The fourth-order valence-electron chi connectivity index (χ4n) is 2.05. The van der Waals surface area contributed by atoms with Gasteiger partial charge in [-0.3, -0.25) is 14.4 Å². The topological polar surface area (TPSA) is 98.7 Å². The maximum atomic E-state index is 13.4. The van der Waals surface area contributed by atoms with Crippen LogP contribution in [-0.4, -0.2) is 53.4 Å². The number of carbonyl (C=O) groups is 3. The number of likely N-dealkylation sites (N-methyl/N-ethyl adjacent to an activating group) is 1. The first-order valence-electron chi connectivity index (χ1n) is 15.7. The average molecular weight is 379 g/mol. The highest BCUT2D eigenvalue weighted by Crippen LogP contribution is 2.24. The van der Waals surface area contributed by atoms with Gasteiger partial charge in [-0.05, 0) is 30.3 Å². The van der Waals surface area contributed by atoms with Crippen LogP contribution in [0.4, 0.5) is 0 Å². The van der Waals surface area contributed by atoms with Crippen molar-refractivity contribution in [2.45, 2.75) is 45.1 Å². The molecule has 26 heavy (non-hydrogen) atoms. The maximum Gasteiger partial charge on any atom is 0.249 e. The van der Waals surface area contributed by atoms with E-state index in [1.54, 1.807) is 5.32 Å². The minimum atomic E-state index is -4.57. The van der Waals surface area contributed by atoms with Gasteiger partial charge in [-0.15, -0.1) is 0 Å². The van der Waals surface area contributed by atoms with Crippen LogP contribution in [0.5, 0.6) is 0 Å². The van der Waals surface area contributed by atoms with Crippen LogP contribution in [0, 0.1) is 5.89 Å². The van der Waals surface area contributed by atoms with Gasteiger partial charge < -0.3 is 20.6 Å². The number of amides is 3. The lowest BCUT2D eigenvalue weighted by Gasteiger charge is -2.24. The van der Waals surface area contributed by atoms with Gasteiger partial charge in [-0.1, -0.05) is 37.9 Å². The van der Waals surface area contributed by atoms with E-state index >= 15 is 0 Å². The first kappa shape index (κ1) is 6.96. The summed E-state index contributed by atoms with van der Waals surface area (Å²) in [5.41, 5.74) is -1.13. The summed E-state index contributed by atoms with van der Waals surface area (Å²) in [6.45, 7) is -12.5. The van der Waals surface area contributed by atoms with Gasteiger partial charge >= 0.3 is 0 Å². The Bertz CT molecular complexity index is 1330. The fraction of sp³-hybridized carbons (Fsp3) is 0.526. The molecule has 3 N–H and O–H groups in total. The number of fused-ring (bicyclic) bond motifs is 1. The van der Waals surface area contributed by atoms with Gasteiger partial charge in [0.15, 0.2) is 0 Å². The Balaban J connectivity index is 2.76. The largest absolute Gasteiger partial charge is 0.383 e. The molecule has 0 saturated heterocycles. The van der Waals surface area contributed by atoms with Crippen LogP contribution in [-0.2, 0) is 20.8 Å². The van der Waals surface area contributed by atoms with Gasteiger partial charge in [0.1, 0.15) is 18.1 Å². The van der Waals surface area contributed by atoms with Gasteiger partial charge in [-0.25, -0.2) is 0 Å². The molecule has 7 nitrogen and oxygen atoms in total. The van der Waals surface area contributed by atoms with E-state index in [0.717, 1.165) is 17.3 Å². The molecule has 0 aromatic heterocycles. The molecule has 7 heteroatoms. The number of rotatable bonds is 5. The molecule has 0 spiro atoms. The lowest BCUT2D eigenvalue weighted by Crippen LogP contribution is -2.51.